The zero-order valence-corrected chi connectivity index (χ0v) is 7.50. The van der Waals surface area contributed by atoms with Gasteiger partial charge < -0.3 is 5.11 Å². The van der Waals surface area contributed by atoms with Crippen LogP contribution >= 0.6 is 0 Å². The second kappa shape index (κ2) is 3.60. The van der Waals surface area contributed by atoms with Gasteiger partial charge in [-0.05, 0) is 0 Å². The molecule has 0 radical (unpaired) electrons. The first-order chi connectivity index (χ1) is 5.98. The summed E-state index contributed by atoms with van der Waals surface area (Å²) in [5.74, 6) is -1.93. The summed E-state index contributed by atoms with van der Waals surface area (Å²) in [6.07, 6.45) is -11.8. The van der Waals surface area contributed by atoms with Crippen molar-refractivity contribution in [1.82, 2.24) is 0 Å². The van der Waals surface area contributed by atoms with Gasteiger partial charge in [0.2, 0.25) is 0 Å². The third kappa shape index (κ3) is 1.97. The molecule has 0 aliphatic rings. The summed E-state index contributed by atoms with van der Waals surface area (Å²) in [6.45, 7) is 1.86. The van der Waals surface area contributed by atoms with Crippen LogP contribution in [0.2, 0.25) is 0 Å². The highest BCUT2D eigenvalue weighted by molar-refractivity contribution is 4.97. The molecule has 0 aromatic rings. The van der Waals surface area contributed by atoms with Crippen LogP contribution in [0.4, 0.5) is 26.3 Å². The second-order valence-electron chi connectivity index (χ2n) is 3.07. The smallest absolute Gasteiger partial charge is 0.373 e. The number of rotatable bonds is 2. The van der Waals surface area contributed by atoms with Gasteiger partial charge in [0, 0.05) is 5.92 Å². The zero-order chi connectivity index (χ0) is 11.8. The monoisotopic (exact) mass is 224 g/mol. The molecule has 7 heteroatoms. The van der Waals surface area contributed by atoms with Crippen LogP contribution in [0.5, 0.6) is 0 Å². The molecule has 0 fully saturated rings. The van der Waals surface area contributed by atoms with Gasteiger partial charge in [-0.3, -0.25) is 0 Å². The molecule has 0 saturated heterocycles. The van der Waals surface area contributed by atoms with Gasteiger partial charge in [-0.1, -0.05) is 20.3 Å². The molecular formula is C7H10F6O. The Morgan fingerprint density at radius 2 is 1.29 bits per heavy atom. The maximum atomic E-state index is 12.1. The van der Waals surface area contributed by atoms with Crippen molar-refractivity contribution in [2.45, 2.75) is 38.2 Å². The molecule has 0 saturated carbocycles. The Hall–Kier alpha value is -0.460. The molecule has 1 nitrogen and oxygen atoms in total. The lowest BCUT2D eigenvalue weighted by molar-refractivity contribution is -0.383. The molecule has 0 spiro atoms. The number of hydrogen-bond donors (Lipinski definition) is 1. The quantitative estimate of drug-likeness (QED) is 0.715. The van der Waals surface area contributed by atoms with E-state index < -0.39 is 30.3 Å². The Morgan fingerprint density at radius 1 is 1.00 bits per heavy atom. The van der Waals surface area contributed by atoms with Crippen LogP contribution in [0, 0.1) is 5.92 Å². The average Bonchev–Trinajstić information content (AvgIpc) is 1.97. The lowest BCUT2D eigenvalue weighted by atomic mass is 9.85. The third-order valence-electron chi connectivity index (χ3n) is 2.19. The Kier molecular flexibility index (Phi) is 3.48. The van der Waals surface area contributed by atoms with E-state index >= 15 is 0 Å². The van der Waals surface area contributed by atoms with Gasteiger partial charge >= 0.3 is 12.4 Å². The largest absolute Gasteiger partial charge is 0.426 e. The molecule has 0 aromatic heterocycles. The van der Waals surface area contributed by atoms with Crippen molar-refractivity contribution in [3.8, 4) is 0 Å². The standard InChI is InChI=1S/C7H10F6O/c1-3-4(2)5(14,6(8,9)10)7(11,12)13/h4,14H,3H2,1-2H3/t4-/m1/s1. The number of aliphatic hydroxyl groups is 1. The van der Waals surface area contributed by atoms with E-state index in [9.17, 15) is 26.3 Å². The number of halogens is 6. The van der Waals surface area contributed by atoms with E-state index in [0.717, 1.165) is 6.92 Å². The van der Waals surface area contributed by atoms with Crippen molar-refractivity contribution >= 4 is 0 Å². The molecule has 0 bridgehead atoms. The Morgan fingerprint density at radius 3 is 1.36 bits per heavy atom. The van der Waals surface area contributed by atoms with Crippen LogP contribution in [0.1, 0.15) is 20.3 Å². The molecule has 14 heavy (non-hydrogen) atoms. The molecule has 0 amide bonds. The fourth-order valence-electron chi connectivity index (χ4n) is 1.01. The van der Waals surface area contributed by atoms with Crippen LogP contribution in [0.25, 0.3) is 0 Å². The first kappa shape index (κ1) is 13.5. The highest BCUT2D eigenvalue weighted by Crippen LogP contribution is 2.48. The predicted molar refractivity (Wildman–Crippen MR) is 36.5 cm³/mol. The number of alkyl halides is 6. The molecule has 0 rings (SSSR count). The summed E-state index contributed by atoms with van der Waals surface area (Å²) in [7, 11) is 0. The van der Waals surface area contributed by atoms with Gasteiger partial charge in [0.15, 0.2) is 0 Å². The lowest BCUT2D eigenvalue weighted by Crippen LogP contribution is -2.60. The summed E-state index contributed by atoms with van der Waals surface area (Å²) in [6, 6.07) is 0. The summed E-state index contributed by atoms with van der Waals surface area (Å²) in [5, 5.41) is 8.70. The van der Waals surface area contributed by atoms with Gasteiger partial charge in [-0.15, -0.1) is 0 Å². The maximum absolute atomic E-state index is 12.1. The van der Waals surface area contributed by atoms with Crippen molar-refractivity contribution in [2.24, 2.45) is 5.92 Å². The van der Waals surface area contributed by atoms with Crippen molar-refractivity contribution in [2.75, 3.05) is 0 Å². The molecule has 86 valence electrons. The average molecular weight is 224 g/mol. The van der Waals surface area contributed by atoms with E-state index in [2.05, 4.69) is 0 Å². The Labute approximate surface area is 76.7 Å². The minimum absolute atomic E-state index is 0.421. The van der Waals surface area contributed by atoms with E-state index in [4.69, 9.17) is 5.11 Å². The van der Waals surface area contributed by atoms with Gasteiger partial charge in [0.25, 0.3) is 5.60 Å². The van der Waals surface area contributed by atoms with Gasteiger partial charge in [-0.2, -0.15) is 26.3 Å². The Bertz CT molecular complexity index is 179. The molecule has 0 aromatic carbocycles. The molecule has 0 aliphatic heterocycles. The summed E-state index contributed by atoms with van der Waals surface area (Å²) in [5.41, 5.74) is -4.62. The van der Waals surface area contributed by atoms with E-state index in [1.54, 1.807) is 0 Å². The molecule has 0 heterocycles. The molecular weight excluding hydrogens is 214 g/mol. The highest BCUT2D eigenvalue weighted by Gasteiger charge is 2.72. The third-order valence-corrected chi connectivity index (χ3v) is 2.19. The van der Waals surface area contributed by atoms with Crippen molar-refractivity contribution < 1.29 is 31.4 Å². The van der Waals surface area contributed by atoms with E-state index in [0.29, 0.717) is 6.92 Å². The molecule has 0 aliphatic carbocycles. The maximum Gasteiger partial charge on any atom is 0.426 e. The van der Waals surface area contributed by atoms with Crippen LogP contribution in [0.15, 0.2) is 0 Å². The first-order valence-corrected chi connectivity index (χ1v) is 3.84. The van der Waals surface area contributed by atoms with Gasteiger partial charge in [0.1, 0.15) is 0 Å². The summed E-state index contributed by atoms with van der Waals surface area (Å²) >= 11 is 0. The molecule has 0 unspecified atom stereocenters. The summed E-state index contributed by atoms with van der Waals surface area (Å²) < 4.78 is 72.4. The first-order valence-electron chi connectivity index (χ1n) is 3.84. The molecule has 1 N–H and O–H groups in total. The van der Waals surface area contributed by atoms with Crippen LogP contribution in [-0.4, -0.2) is 23.1 Å². The topological polar surface area (TPSA) is 20.2 Å². The summed E-state index contributed by atoms with van der Waals surface area (Å²) in [4.78, 5) is 0. The second-order valence-corrected chi connectivity index (χ2v) is 3.07. The highest BCUT2D eigenvalue weighted by atomic mass is 19.4. The van der Waals surface area contributed by atoms with Crippen molar-refractivity contribution in [3.63, 3.8) is 0 Å². The van der Waals surface area contributed by atoms with Crippen LogP contribution in [0.3, 0.4) is 0 Å². The minimum Gasteiger partial charge on any atom is -0.373 e. The van der Waals surface area contributed by atoms with Gasteiger partial charge in [0.05, 0.1) is 0 Å². The number of hydrogen-bond acceptors (Lipinski definition) is 1. The van der Waals surface area contributed by atoms with E-state index in [1.165, 1.54) is 0 Å². The fourth-order valence-corrected chi connectivity index (χ4v) is 1.01. The fraction of sp³-hybridized carbons (Fsp3) is 1.00. The predicted octanol–water partition coefficient (Wildman–Crippen LogP) is 2.89. The van der Waals surface area contributed by atoms with Crippen molar-refractivity contribution in [1.29, 1.82) is 0 Å². The van der Waals surface area contributed by atoms with E-state index in [1.807, 2.05) is 0 Å². The van der Waals surface area contributed by atoms with Gasteiger partial charge in [-0.25, -0.2) is 0 Å². The van der Waals surface area contributed by atoms with Crippen LogP contribution < -0.4 is 0 Å². The zero-order valence-electron chi connectivity index (χ0n) is 7.50. The lowest BCUT2D eigenvalue weighted by Gasteiger charge is -2.36. The minimum atomic E-state index is -5.71. The molecule has 1 atom stereocenters. The van der Waals surface area contributed by atoms with Crippen molar-refractivity contribution in [3.05, 3.63) is 0 Å². The Balaban J connectivity index is 5.29. The normalized spacial score (nSPS) is 16.9. The SMILES string of the molecule is CC[C@@H](C)C(O)(C(F)(F)F)C(F)(F)F. The van der Waals surface area contributed by atoms with Crippen LogP contribution in [-0.2, 0) is 0 Å². The van der Waals surface area contributed by atoms with E-state index in [-0.39, 0.29) is 0 Å².